The summed E-state index contributed by atoms with van der Waals surface area (Å²) in [6.07, 6.45) is 2.17. The van der Waals surface area contributed by atoms with Gasteiger partial charge in [-0.25, -0.2) is 23.2 Å². The number of benzene rings is 1. The molecule has 1 aromatic rings. The third-order valence-corrected chi connectivity index (χ3v) is 5.10. The number of rotatable bonds is 6. The summed E-state index contributed by atoms with van der Waals surface area (Å²) in [5.74, 6) is -3.84. The molecule has 10 heteroatoms. The first kappa shape index (κ1) is 25.4. The third-order valence-electron chi connectivity index (χ3n) is 5.10. The van der Waals surface area contributed by atoms with Gasteiger partial charge in [-0.15, -0.1) is 0 Å². The molecular weight excluding hydrogens is 424 g/mol. The smallest absolute Gasteiger partial charge is 0.410 e. The molecule has 1 aromatic carbocycles. The molecule has 0 bridgehead atoms. The van der Waals surface area contributed by atoms with Crippen molar-refractivity contribution in [3.8, 4) is 0 Å². The number of carbonyl (C=O) groups excluding carboxylic acids is 2. The number of likely N-dealkylation sites (tertiary alicyclic amines) is 1. The second kappa shape index (κ2) is 10.6. The van der Waals surface area contributed by atoms with Crippen molar-refractivity contribution in [3.05, 3.63) is 29.3 Å². The first-order valence-corrected chi connectivity index (χ1v) is 10.7. The number of carbonyl (C=O) groups is 3. The Balaban J connectivity index is 2.11. The van der Waals surface area contributed by atoms with Crippen LogP contribution in [0.3, 0.4) is 0 Å². The molecule has 1 aliphatic rings. The van der Waals surface area contributed by atoms with E-state index in [-0.39, 0.29) is 6.04 Å². The molecule has 8 nitrogen and oxygen atoms in total. The predicted molar refractivity (Wildman–Crippen MR) is 115 cm³/mol. The number of nitrogens with zero attached hydrogens (tertiary/aromatic N) is 2. The van der Waals surface area contributed by atoms with Crippen molar-refractivity contribution >= 4 is 23.8 Å². The molecule has 1 fully saturated rings. The Bertz CT molecular complexity index is 849. The molecule has 0 radical (unpaired) electrons. The average molecular weight is 456 g/mol. The lowest BCUT2D eigenvalue weighted by molar-refractivity contribution is 0.0166. The second-order valence-electron chi connectivity index (χ2n) is 8.79. The van der Waals surface area contributed by atoms with E-state index in [9.17, 15) is 23.2 Å². The van der Waals surface area contributed by atoms with Gasteiger partial charge in [0.15, 0.2) is 0 Å². The minimum absolute atomic E-state index is 0.192. The van der Waals surface area contributed by atoms with E-state index in [1.165, 1.54) is 0 Å². The van der Waals surface area contributed by atoms with E-state index in [2.05, 4.69) is 5.32 Å². The fourth-order valence-corrected chi connectivity index (χ4v) is 3.46. The van der Waals surface area contributed by atoms with Crippen molar-refractivity contribution in [1.82, 2.24) is 9.80 Å². The van der Waals surface area contributed by atoms with Crippen LogP contribution in [0.25, 0.3) is 0 Å². The first-order valence-electron chi connectivity index (χ1n) is 10.7. The van der Waals surface area contributed by atoms with Crippen LogP contribution in [0.1, 0.15) is 63.7 Å². The van der Waals surface area contributed by atoms with Crippen molar-refractivity contribution in [1.29, 1.82) is 0 Å². The van der Waals surface area contributed by atoms with E-state index in [0.717, 1.165) is 12.5 Å². The van der Waals surface area contributed by atoms with E-state index in [0.29, 0.717) is 45.0 Å². The molecule has 0 aromatic heterocycles. The number of unbranched alkanes of at least 4 members (excludes halogenated alkanes) is 1. The van der Waals surface area contributed by atoms with Crippen LogP contribution < -0.4 is 5.32 Å². The van der Waals surface area contributed by atoms with Crippen LogP contribution in [0.15, 0.2) is 12.1 Å². The zero-order valence-corrected chi connectivity index (χ0v) is 18.9. The van der Waals surface area contributed by atoms with Gasteiger partial charge in [-0.3, -0.25) is 0 Å². The predicted octanol–water partition coefficient (Wildman–Crippen LogP) is 4.70. The van der Waals surface area contributed by atoms with Crippen LogP contribution >= 0.6 is 0 Å². The molecule has 0 saturated carbocycles. The van der Waals surface area contributed by atoms with Gasteiger partial charge in [-0.05, 0) is 46.1 Å². The number of aromatic carboxylic acids is 1. The highest BCUT2D eigenvalue weighted by Crippen LogP contribution is 2.23. The average Bonchev–Trinajstić information content (AvgIpc) is 2.69. The SMILES string of the molecule is CCCCN(C(=O)Nc1cc(C(=O)O)c(F)cc1F)C1CCN(C(=O)OC(C)(C)C)CC1. The van der Waals surface area contributed by atoms with Gasteiger partial charge in [0.05, 0.1) is 11.3 Å². The molecule has 1 aliphatic heterocycles. The number of urea groups is 1. The summed E-state index contributed by atoms with van der Waals surface area (Å²) in [5, 5.41) is 11.4. The largest absolute Gasteiger partial charge is 0.478 e. The molecule has 1 saturated heterocycles. The fraction of sp³-hybridized carbons (Fsp3) is 0.591. The van der Waals surface area contributed by atoms with E-state index >= 15 is 0 Å². The molecule has 0 atom stereocenters. The molecule has 2 N–H and O–H groups in total. The number of hydrogen-bond donors (Lipinski definition) is 2. The molecule has 0 spiro atoms. The van der Waals surface area contributed by atoms with Gasteiger partial charge in [-0.2, -0.15) is 0 Å². The number of nitrogens with one attached hydrogen (secondary N) is 1. The zero-order valence-electron chi connectivity index (χ0n) is 18.9. The van der Waals surface area contributed by atoms with Crippen LogP contribution in [0.4, 0.5) is 24.1 Å². The van der Waals surface area contributed by atoms with Crippen molar-refractivity contribution in [2.45, 2.75) is 65.0 Å². The number of anilines is 1. The van der Waals surface area contributed by atoms with E-state index in [4.69, 9.17) is 9.84 Å². The lowest BCUT2D eigenvalue weighted by Gasteiger charge is -2.39. The summed E-state index contributed by atoms with van der Waals surface area (Å²) in [5.41, 5.74) is -1.73. The van der Waals surface area contributed by atoms with Crippen molar-refractivity contribution in [3.63, 3.8) is 0 Å². The van der Waals surface area contributed by atoms with Gasteiger partial charge < -0.3 is 25.0 Å². The van der Waals surface area contributed by atoms with Crippen LogP contribution in [-0.4, -0.2) is 64.3 Å². The van der Waals surface area contributed by atoms with Crippen molar-refractivity contribution in [2.24, 2.45) is 0 Å². The maximum atomic E-state index is 14.2. The van der Waals surface area contributed by atoms with Gasteiger partial charge in [0.2, 0.25) is 0 Å². The number of piperidine rings is 1. The Morgan fingerprint density at radius 2 is 1.81 bits per heavy atom. The van der Waals surface area contributed by atoms with Crippen LogP contribution in [-0.2, 0) is 4.74 Å². The minimum Gasteiger partial charge on any atom is -0.478 e. The van der Waals surface area contributed by atoms with E-state index in [1.807, 2.05) is 6.92 Å². The normalized spacial score (nSPS) is 14.8. The maximum absolute atomic E-state index is 14.2. The molecule has 32 heavy (non-hydrogen) atoms. The first-order chi connectivity index (χ1) is 14.9. The Morgan fingerprint density at radius 3 is 2.34 bits per heavy atom. The summed E-state index contributed by atoms with van der Waals surface area (Å²) < 4.78 is 33.2. The number of carboxylic acid groups (broad SMARTS) is 1. The second-order valence-corrected chi connectivity index (χ2v) is 8.79. The lowest BCUT2D eigenvalue weighted by Crippen LogP contribution is -2.51. The monoisotopic (exact) mass is 455 g/mol. The van der Waals surface area contributed by atoms with E-state index in [1.54, 1.807) is 30.6 Å². The molecule has 1 heterocycles. The molecule has 2 rings (SSSR count). The topological polar surface area (TPSA) is 99.2 Å². The number of halogens is 2. The Labute approximate surface area is 186 Å². The quantitative estimate of drug-likeness (QED) is 0.648. The number of amides is 3. The summed E-state index contributed by atoms with van der Waals surface area (Å²) in [7, 11) is 0. The molecule has 3 amide bonds. The Morgan fingerprint density at radius 1 is 1.19 bits per heavy atom. The number of carboxylic acids is 1. The fourth-order valence-electron chi connectivity index (χ4n) is 3.46. The van der Waals surface area contributed by atoms with Crippen molar-refractivity contribution < 1.29 is 33.0 Å². The highest BCUT2D eigenvalue weighted by atomic mass is 19.1. The van der Waals surface area contributed by atoms with Gasteiger partial charge in [0.1, 0.15) is 17.2 Å². The molecule has 0 aliphatic carbocycles. The van der Waals surface area contributed by atoms with Crippen LogP contribution in [0.2, 0.25) is 0 Å². The summed E-state index contributed by atoms with van der Waals surface area (Å²) in [4.78, 5) is 39.5. The van der Waals surface area contributed by atoms with Gasteiger partial charge in [-0.1, -0.05) is 13.3 Å². The minimum atomic E-state index is -1.56. The van der Waals surface area contributed by atoms with Crippen molar-refractivity contribution in [2.75, 3.05) is 25.0 Å². The molecule has 0 unspecified atom stereocenters. The third kappa shape index (κ3) is 6.80. The highest BCUT2D eigenvalue weighted by Gasteiger charge is 2.32. The summed E-state index contributed by atoms with van der Waals surface area (Å²) in [6.45, 7) is 8.57. The highest BCUT2D eigenvalue weighted by molar-refractivity contribution is 5.93. The summed E-state index contributed by atoms with van der Waals surface area (Å²) >= 11 is 0. The van der Waals surface area contributed by atoms with E-state index < -0.39 is 46.6 Å². The molecule has 178 valence electrons. The van der Waals surface area contributed by atoms with Gasteiger partial charge >= 0.3 is 18.1 Å². The van der Waals surface area contributed by atoms with Crippen LogP contribution in [0, 0.1) is 11.6 Å². The van der Waals surface area contributed by atoms with Gasteiger partial charge in [0.25, 0.3) is 0 Å². The van der Waals surface area contributed by atoms with Crippen LogP contribution in [0.5, 0.6) is 0 Å². The summed E-state index contributed by atoms with van der Waals surface area (Å²) in [6, 6.07) is 0.418. The lowest BCUT2D eigenvalue weighted by atomic mass is 10.0. The standard InChI is InChI=1S/C22H31F2N3O5/c1-5-6-9-27(14-7-10-26(11-8-14)21(31)32-22(2,3)4)20(30)25-18-12-15(19(28)29)16(23)13-17(18)24/h12-14H,5-11H2,1-4H3,(H,25,30)(H,28,29). The Kier molecular flexibility index (Phi) is 8.40. The zero-order chi connectivity index (χ0) is 24.1. The number of ether oxygens (including phenoxy) is 1. The van der Waals surface area contributed by atoms with Gasteiger partial charge in [0, 0.05) is 31.7 Å². The number of hydrogen-bond acceptors (Lipinski definition) is 4. The maximum Gasteiger partial charge on any atom is 0.410 e. The molecular formula is C22H31F2N3O5. The Hall–Kier alpha value is -2.91.